The fourth-order valence-corrected chi connectivity index (χ4v) is 12.2. The van der Waals surface area contributed by atoms with Crippen molar-refractivity contribution < 1.29 is 0 Å². The van der Waals surface area contributed by atoms with E-state index in [4.69, 9.17) is 0 Å². The second kappa shape index (κ2) is 14.9. The normalized spacial score (nSPS) is 13.5. The predicted molar refractivity (Wildman–Crippen MR) is 289 cm³/mol. The largest absolute Gasteiger partial charge is 0.310 e. The smallest absolute Gasteiger partial charge is 0.109 e. The lowest BCUT2D eigenvalue weighted by atomic mass is 9.85. The first-order chi connectivity index (χ1) is 32.3. The van der Waals surface area contributed by atoms with E-state index in [0.29, 0.717) is 0 Å². The third kappa shape index (κ3) is 6.52. The fourth-order valence-electron chi connectivity index (χ4n) is 10.9. The van der Waals surface area contributed by atoms with Crippen molar-refractivity contribution in [1.29, 1.82) is 0 Å². The Hall–Kier alpha value is -7.14. The molecule has 8 aromatic carbocycles. The number of benzene rings is 8. The number of nitrogens with zero attached hydrogens (tertiary/aromatic N) is 3. The first kappa shape index (κ1) is 41.3. The Morgan fingerprint density at radius 2 is 0.955 bits per heavy atom. The Kier molecular flexibility index (Phi) is 9.21. The summed E-state index contributed by atoms with van der Waals surface area (Å²) < 4.78 is 3.95. The van der Waals surface area contributed by atoms with Crippen molar-refractivity contribution in [2.24, 2.45) is 0 Å². The van der Waals surface area contributed by atoms with Crippen LogP contribution in [0.4, 0.5) is 34.1 Å². The lowest BCUT2D eigenvalue weighted by Crippen LogP contribution is -2.19. The van der Waals surface area contributed by atoms with Crippen molar-refractivity contribution in [2.75, 3.05) is 9.80 Å². The molecule has 0 spiro atoms. The third-order valence-corrected chi connectivity index (χ3v) is 15.5. The van der Waals surface area contributed by atoms with Gasteiger partial charge in [0.05, 0.1) is 5.52 Å². The second-order valence-electron chi connectivity index (χ2n) is 21.1. The number of rotatable bonds is 7. The highest BCUT2D eigenvalue weighted by molar-refractivity contribution is 7.25. The molecule has 67 heavy (non-hydrogen) atoms. The molecule has 328 valence electrons. The van der Waals surface area contributed by atoms with E-state index in [1.807, 2.05) is 11.3 Å². The molecule has 0 atom stereocenters. The van der Waals surface area contributed by atoms with Gasteiger partial charge in [-0.15, -0.1) is 11.3 Å². The lowest BCUT2D eigenvalue weighted by Gasteiger charge is -2.29. The van der Waals surface area contributed by atoms with Gasteiger partial charge in [0.15, 0.2) is 0 Å². The average Bonchev–Trinajstić information content (AvgIpc) is 4.03. The number of thiophene rings is 1. The van der Waals surface area contributed by atoms with Crippen LogP contribution in [0.1, 0.15) is 77.8 Å². The molecule has 3 heterocycles. The van der Waals surface area contributed by atoms with Gasteiger partial charge < -0.3 is 14.2 Å². The van der Waals surface area contributed by atoms with Gasteiger partial charge in [0, 0.05) is 77.0 Å². The SMILES string of the molecule is CC(C)(C)c1cccc(N(c2ccccc2)c2ccc3c(c2)C(C)(C)c2c-3c3cc(-c4ccccc4)cc4c5c6ccc(N(c7ccccc7)c7cccc(C(C)(C)C)c7)cc6sc5n2c34)c1. The van der Waals surface area contributed by atoms with Crippen LogP contribution in [0.15, 0.2) is 188 Å². The molecule has 0 radical (unpaired) electrons. The maximum atomic E-state index is 2.66. The summed E-state index contributed by atoms with van der Waals surface area (Å²) in [4.78, 5) is 6.16. The minimum Gasteiger partial charge on any atom is -0.310 e. The monoisotopic (exact) mass is 885 g/mol. The first-order valence-electron chi connectivity index (χ1n) is 23.7. The molecule has 11 aromatic rings. The summed E-state index contributed by atoms with van der Waals surface area (Å²) in [6.07, 6.45) is 0. The van der Waals surface area contributed by atoms with Crippen molar-refractivity contribution in [1.82, 2.24) is 4.40 Å². The van der Waals surface area contributed by atoms with Crippen molar-refractivity contribution in [2.45, 2.75) is 71.6 Å². The molecule has 0 amide bonds. The van der Waals surface area contributed by atoms with Crippen LogP contribution in [-0.4, -0.2) is 4.40 Å². The zero-order chi connectivity index (χ0) is 46.0. The van der Waals surface area contributed by atoms with Gasteiger partial charge >= 0.3 is 0 Å². The number of aromatic nitrogens is 1. The van der Waals surface area contributed by atoms with Crippen molar-refractivity contribution in [3.63, 3.8) is 0 Å². The molecule has 12 rings (SSSR count). The molecule has 0 saturated carbocycles. The highest BCUT2D eigenvalue weighted by Crippen LogP contribution is 2.58. The summed E-state index contributed by atoms with van der Waals surface area (Å²) in [5.74, 6) is 0. The van der Waals surface area contributed by atoms with E-state index in [1.54, 1.807) is 0 Å². The highest BCUT2D eigenvalue weighted by Gasteiger charge is 2.42. The van der Waals surface area contributed by atoms with Crippen molar-refractivity contribution in [3.8, 4) is 22.3 Å². The number of fused-ring (bicyclic) bond motifs is 10. The van der Waals surface area contributed by atoms with Crippen molar-refractivity contribution >= 4 is 82.1 Å². The standard InChI is InChI=1S/C63H55N3S/c1-61(2,3)42-22-18-28-46(36-42)64(44-24-14-10-15-25-44)48-30-32-50-54(38-48)63(7,8)59-56(50)52-34-41(40-20-12-9-13-21-40)35-53-57-51-33-31-49(39-55(51)67-60(57)66(59)58(52)53)65(45-26-16-11-17-27-45)47-29-19-23-43(37-47)62(4,5)6/h9-39H,1-8H3. The quantitative estimate of drug-likeness (QED) is 0.158. The third-order valence-electron chi connectivity index (χ3n) is 14.3. The van der Waals surface area contributed by atoms with E-state index in [-0.39, 0.29) is 16.2 Å². The van der Waals surface area contributed by atoms with Crippen LogP contribution < -0.4 is 9.80 Å². The Morgan fingerprint density at radius 3 is 1.54 bits per heavy atom. The van der Waals surface area contributed by atoms with E-state index < -0.39 is 0 Å². The molecule has 3 aromatic heterocycles. The molecule has 0 unspecified atom stereocenters. The van der Waals surface area contributed by atoms with E-state index in [0.717, 1.165) is 28.4 Å². The van der Waals surface area contributed by atoms with Gasteiger partial charge in [0.25, 0.3) is 0 Å². The van der Waals surface area contributed by atoms with Crippen LogP contribution >= 0.6 is 11.3 Å². The van der Waals surface area contributed by atoms with Crippen LogP contribution in [0.5, 0.6) is 0 Å². The van der Waals surface area contributed by atoms with E-state index in [9.17, 15) is 0 Å². The number of para-hydroxylation sites is 2. The topological polar surface area (TPSA) is 10.9 Å². The summed E-state index contributed by atoms with van der Waals surface area (Å²) in [6, 6.07) is 70.1. The van der Waals surface area contributed by atoms with Crippen molar-refractivity contribution in [3.05, 3.63) is 210 Å². The van der Waals surface area contributed by atoms with E-state index >= 15 is 0 Å². The predicted octanol–water partition coefficient (Wildman–Crippen LogP) is 18.4. The molecule has 3 nitrogen and oxygen atoms in total. The number of hydrogen-bond acceptors (Lipinski definition) is 3. The molecule has 0 bridgehead atoms. The van der Waals surface area contributed by atoms with Gasteiger partial charge in [0.1, 0.15) is 4.83 Å². The Labute approximate surface area is 398 Å². The fraction of sp³-hybridized carbons (Fsp3) is 0.175. The van der Waals surface area contributed by atoms with Gasteiger partial charge in [-0.1, -0.05) is 159 Å². The van der Waals surface area contributed by atoms with E-state index in [1.165, 1.54) is 86.9 Å². The first-order valence-corrected chi connectivity index (χ1v) is 24.5. The molecule has 1 aliphatic rings. The van der Waals surface area contributed by atoms with Crippen LogP contribution in [0, 0.1) is 0 Å². The lowest BCUT2D eigenvalue weighted by molar-refractivity contribution is 0.590. The Balaban J connectivity index is 1.08. The molecule has 0 aliphatic heterocycles. The number of hydrogen-bond donors (Lipinski definition) is 0. The summed E-state index contributed by atoms with van der Waals surface area (Å²) in [6.45, 7) is 18.6. The summed E-state index contributed by atoms with van der Waals surface area (Å²) in [5.41, 5.74) is 18.5. The maximum Gasteiger partial charge on any atom is 0.109 e. The molecule has 1 aliphatic carbocycles. The molecule has 0 N–H and O–H groups in total. The van der Waals surface area contributed by atoms with E-state index in [2.05, 4.69) is 258 Å². The molecular weight excluding hydrogens is 831 g/mol. The summed E-state index contributed by atoms with van der Waals surface area (Å²) in [7, 11) is 0. The van der Waals surface area contributed by atoms with Crippen LogP contribution in [0.2, 0.25) is 0 Å². The van der Waals surface area contributed by atoms with Gasteiger partial charge in [0.2, 0.25) is 0 Å². The van der Waals surface area contributed by atoms with Gasteiger partial charge in [-0.25, -0.2) is 0 Å². The van der Waals surface area contributed by atoms with Gasteiger partial charge in [-0.3, -0.25) is 0 Å². The van der Waals surface area contributed by atoms with Crippen LogP contribution in [0.3, 0.4) is 0 Å². The zero-order valence-corrected chi connectivity index (χ0v) is 40.5. The second-order valence-corrected chi connectivity index (χ2v) is 22.1. The Bertz CT molecular complexity index is 3670. The maximum absolute atomic E-state index is 2.66. The average molecular weight is 886 g/mol. The number of anilines is 6. The summed E-state index contributed by atoms with van der Waals surface area (Å²) >= 11 is 1.93. The molecule has 0 saturated heterocycles. The van der Waals surface area contributed by atoms with Gasteiger partial charge in [-0.2, -0.15) is 0 Å². The summed E-state index contributed by atoms with van der Waals surface area (Å²) in [5, 5.41) is 5.29. The van der Waals surface area contributed by atoms with Crippen LogP contribution in [0.25, 0.3) is 58.8 Å². The molecule has 0 fully saturated rings. The highest BCUT2D eigenvalue weighted by atomic mass is 32.1. The minimum atomic E-state index is -0.301. The Morgan fingerprint density at radius 1 is 0.448 bits per heavy atom. The minimum absolute atomic E-state index is 0.0237. The van der Waals surface area contributed by atoms with Crippen LogP contribution in [-0.2, 0) is 16.2 Å². The molecule has 4 heteroatoms. The zero-order valence-electron chi connectivity index (χ0n) is 39.6. The molecular formula is C63H55N3S. The van der Waals surface area contributed by atoms with Gasteiger partial charge in [-0.05, 0) is 129 Å².